The van der Waals surface area contributed by atoms with Crippen molar-refractivity contribution >= 4 is 23.4 Å². The van der Waals surface area contributed by atoms with Crippen LogP contribution in [-0.4, -0.2) is 52.4 Å². The minimum atomic E-state index is -0.536. The Balaban J connectivity index is 1.42. The summed E-state index contributed by atoms with van der Waals surface area (Å²) in [4.78, 5) is 29.8. The van der Waals surface area contributed by atoms with Gasteiger partial charge in [-0.25, -0.2) is 4.39 Å². The van der Waals surface area contributed by atoms with Crippen LogP contribution in [0.25, 0.3) is 16.9 Å². The number of benzene rings is 3. The highest BCUT2D eigenvalue weighted by molar-refractivity contribution is 6.32. The van der Waals surface area contributed by atoms with Crippen LogP contribution in [0.4, 0.5) is 4.39 Å². The molecule has 0 bridgehead atoms. The highest BCUT2D eigenvalue weighted by Crippen LogP contribution is 2.33. The summed E-state index contributed by atoms with van der Waals surface area (Å²) in [5.41, 5.74) is 4.07. The van der Waals surface area contributed by atoms with Gasteiger partial charge in [0.05, 0.1) is 27.5 Å². The molecule has 5 rings (SSSR count). The van der Waals surface area contributed by atoms with E-state index in [1.165, 1.54) is 12.1 Å². The van der Waals surface area contributed by atoms with Crippen LogP contribution in [0.5, 0.6) is 0 Å². The van der Waals surface area contributed by atoms with Crippen molar-refractivity contribution in [1.29, 1.82) is 0 Å². The first-order valence-electron chi connectivity index (χ1n) is 11.8. The zero-order valence-corrected chi connectivity index (χ0v) is 20.6. The summed E-state index contributed by atoms with van der Waals surface area (Å²) in [6.07, 6.45) is 0. The minimum absolute atomic E-state index is 0.0532. The third-order valence-corrected chi connectivity index (χ3v) is 6.92. The van der Waals surface area contributed by atoms with Gasteiger partial charge in [-0.3, -0.25) is 9.59 Å². The molecule has 0 unspecified atom stereocenters. The Morgan fingerprint density at radius 2 is 1.31 bits per heavy atom. The lowest BCUT2D eigenvalue weighted by Crippen LogP contribution is -2.50. The maximum Gasteiger partial charge on any atom is 0.256 e. The zero-order valence-electron chi connectivity index (χ0n) is 19.8. The molecular formula is C29H25ClFN3O2. The molecule has 2 amide bonds. The molecule has 0 N–H and O–H groups in total. The Bertz CT molecular complexity index is 1430. The Morgan fingerprint density at radius 1 is 0.750 bits per heavy atom. The average molecular weight is 502 g/mol. The second-order valence-corrected chi connectivity index (χ2v) is 9.15. The molecule has 1 aliphatic heterocycles. The number of nitrogens with zero attached hydrogens (tertiary/aromatic N) is 3. The zero-order chi connectivity index (χ0) is 25.2. The van der Waals surface area contributed by atoms with Crippen LogP contribution < -0.4 is 0 Å². The molecule has 3 aromatic carbocycles. The number of aromatic nitrogens is 1. The molecule has 182 valence electrons. The smallest absolute Gasteiger partial charge is 0.256 e. The number of carbonyl (C=O) groups excluding carboxylic acids is 2. The molecule has 0 spiro atoms. The first kappa shape index (κ1) is 23.8. The minimum Gasteiger partial charge on any atom is -0.335 e. The van der Waals surface area contributed by atoms with Crippen LogP contribution in [0.15, 0.2) is 84.9 Å². The van der Waals surface area contributed by atoms with Crippen LogP contribution in [0.1, 0.15) is 26.4 Å². The van der Waals surface area contributed by atoms with E-state index in [1.54, 1.807) is 21.9 Å². The fraction of sp³-hybridized carbons (Fsp3) is 0.172. The monoisotopic (exact) mass is 501 g/mol. The molecule has 2 heterocycles. The fourth-order valence-corrected chi connectivity index (χ4v) is 4.90. The predicted molar refractivity (Wildman–Crippen MR) is 139 cm³/mol. The highest BCUT2D eigenvalue weighted by atomic mass is 35.5. The van der Waals surface area contributed by atoms with E-state index >= 15 is 0 Å². The van der Waals surface area contributed by atoms with Gasteiger partial charge in [0, 0.05) is 31.9 Å². The summed E-state index contributed by atoms with van der Waals surface area (Å²) in [5, 5.41) is 0.590. The summed E-state index contributed by atoms with van der Waals surface area (Å²) in [6.45, 7) is 3.34. The SMILES string of the molecule is Cc1c(C(=O)N2CCN(C(=O)c3ccccc3F)CC2)cc(-c2ccccc2)n1-c1ccccc1Cl. The van der Waals surface area contributed by atoms with Gasteiger partial charge in [0.25, 0.3) is 11.8 Å². The van der Waals surface area contributed by atoms with E-state index in [-0.39, 0.29) is 17.4 Å². The van der Waals surface area contributed by atoms with E-state index in [0.717, 1.165) is 22.6 Å². The van der Waals surface area contributed by atoms with Crippen LogP contribution in [0.3, 0.4) is 0 Å². The second kappa shape index (κ2) is 9.99. The van der Waals surface area contributed by atoms with Crippen molar-refractivity contribution in [3.63, 3.8) is 0 Å². The average Bonchev–Trinajstić information content (AvgIpc) is 3.25. The van der Waals surface area contributed by atoms with Crippen molar-refractivity contribution in [2.75, 3.05) is 26.2 Å². The lowest BCUT2D eigenvalue weighted by molar-refractivity contribution is 0.0532. The normalized spacial score (nSPS) is 13.6. The van der Waals surface area contributed by atoms with Gasteiger partial charge in [-0.05, 0) is 42.8 Å². The quantitative estimate of drug-likeness (QED) is 0.352. The Kier molecular flexibility index (Phi) is 6.61. The lowest BCUT2D eigenvalue weighted by Gasteiger charge is -2.35. The Morgan fingerprint density at radius 3 is 1.94 bits per heavy atom. The molecule has 1 aliphatic rings. The summed E-state index contributed by atoms with van der Waals surface area (Å²) in [7, 11) is 0. The number of para-hydroxylation sites is 1. The van der Waals surface area contributed by atoms with E-state index in [4.69, 9.17) is 11.6 Å². The van der Waals surface area contributed by atoms with E-state index in [1.807, 2.05) is 72.2 Å². The van der Waals surface area contributed by atoms with Crippen LogP contribution in [0.2, 0.25) is 5.02 Å². The summed E-state index contributed by atoms with van der Waals surface area (Å²) < 4.78 is 16.1. The molecule has 0 atom stereocenters. The molecule has 0 saturated carbocycles. The van der Waals surface area contributed by atoms with E-state index in [2.05, 4.69) is 0 Å². The first-order valence-corrected chi connectivity index (χ1v) is 12.2. The van der Waals surface area contributed by atoms with Gasteiger partial charge in [0.1, 0.15) is 5.82 Å². The molecule has 1 saturated heterocycles. The number of hydrogen-bond donors (Lipinski definition) is 0. The van der Waals surface area contributed by atoms with Crippen molar-refractivity contribution in [2.24, 2.45) is 0 Å². The van der Waals surface area contributed by atoms with E-state index in [0.29, 0.717) is 36.8 Å². The summed E-state index contributed by atoms with van der Waals surface area (Å²) >= 11 is 6.55. The van der Waals surface area contributed by atoms with Gasteiger partial charge in [-0.1, -0.05) is 66.2 Å². The fourth-order valence-electron chi connectivity index (χ4n) is 4.68. The molecule has 1 fully saturated rings. The molecule has 0 aliphatic carbocycles. The van der Waals surface area contributed by atoms with Crippen LogP contribution in [-0.2, 0) is 0 Å². The predicted octanol–water partition coefficient (Wildman–Crippen LogP) is 5.84. The third-order valence-electron chi connectivity index (χ3n) is 6.60. The van der Waals surface area contributed by atoms with E-state index < -0.39 is 5.82 Å². The van der Waals surface area contributed by atoms with Crippen molar-refractivity contribution in [3.05, 3.63) is 113 Å². The summed E-state index contributed by atoms with van der Waals surface area (Å²) in [5.74, 6) is -0.993. The topological polar surface area (TPSA) is 45.6 Å². The molecule has 7 heteroatoms. The lowest BCUT2D eigenvalue weighted by atomic mass is 10.1. The molecular weight excluding hydrogens is 477 g/mol. The molecule has 1 aromatic heterocycles. The van der Waals surface area contributed by atoms with Gasteiger partial charge < -0.3 is 14.4 Å². The highest BCUT2D eigenvalue weighted by Gasteiger charge is 2.29. The van der Waals surface area contributed by atoms with Crippen molar-refractivity contribution in [1.82, 2.24) is 14.4 Å². The van der Waals surface area contributed by atoms with E-state index in [9.17, 15) is 14.0 Å². The van der Waals surface area contributed by atoms with Crippen molar-refractivity contribution in [2.45, 2.75) is 6.92 Å². The number of piperazine rings is 1. The number of rotatable bonds is 4. The Hall–Kier alpha value is -3.90. The molecule has 36 heavy (non-hydrogen) atoms. The maximum atomic E-state index is 14.1. The standard InChI is InChI=1S/C29H25ClFN3O2/c1-20-23(19-27(21-9-3-2-4-10-21)34(20)26-14-8-6-12-24(26)30)29(36)33-17-15-32(16-18-33)28(35)22-11-5-7-13-25(22)31/h2-14,19H,15-18H2,1H3. The largest absolute Gasteiger partial charge is 0.335 e. The van der Waals surface area contributed by atoms with Crippen molar-refractivity contribution < 1.29 is 14.0 Å². The number of carbonyl (C=O) groups is 2. The number of hydrogen-bond acceptors (Lipinski definition) is 2. The van der Waals surface area contributed by atoms with Crippen LogP contribution >= 0.6 is 11.6 Å². The van der Waals surface area contributed by atoms with Gasteiger partial charge in [0.2, 0.25) is 0 Å². The van der Waals surface area contributed by atoms with Gasteiger partial charge >= 0.3 is 0 Å². The second-order valence-electron chi connectivity index (χ2n) is 8.75. The Labute approximate surface area is 214 Å². The van der Waals surface area contributed by atoms with Crippen LogP contribution in [0, 0.1) is 12.7 Å². The number of amides is 2. The molecule has 0 radical (unpaired) electrons. The number of halogens is 2. The van der Waals surface area contributed by atoms with Gasteiger partial charge in [-0.2, -0.15) is 0 Å². The van der Waals surface area contributed by atoms with Crippen molar-refractivity contribution in [3.8, 4) is 16.9 Å². The first-order chi connectivity index (χ1) is 17.5. The van der Waals surface area contributed by atoms with Gasteiger partial charge in [0.15, 0.2) is 0 Å². The summed E-state index contributed by atoms with van der Waals surface area (Å²) in [6, 6.07) is 25.3. The maximum absolute atomic E-state index is 14.1. The molecule has 5 nitrogen and oxygen atoms in total. The third kappa shape index (κ3) is 4.40. The molecule has 4 aromatic rings. The van der Waals surface area contributed by atoms with Gasteiger partial charge in [-0.15, -0.1) is 0 Å².